The lowest BCUT2D eigenvalue weighted by atomic mass is 9.84. The van der Waals surface area contributed by atoms with Crippen LogP contribution in [0.15, 0.2) is 0 Å². The number of hydrogen-bond donors (Lipinski definition) is 2. The minimum Gasteiger partial charge on any atom is -0.481 e. The van der Waals surface area contributed by atoms with Crippen molar-refractivity contribution >= 4 is 17.9 Å². The van der Waals surface area contributed by atoms with Crippen LogP contribution in [0.4, 0.5) is 4.79 Å². The number of urea groups is 1. The number of carbonyl (C=O) groups is 3. The second-order valence-corrected chi connectivity index (χ2v) is 6.47. The van der Waals surface area contributed by atoms with Gasteiger partial charge in [-0.15, -0.1) is 0 Å². The monoisotopic (exact) mass is 313 g/mol. The molecule has 0 aromatic carbocycles. The van der Waals surface area contributed by atoms with E-state index in [1.165, 1.54) is 4.90 Å². The van der Waals surface area contributed by atoms with E-state index in [2.05, 4.69) is 5.32 Å². The summed E-state index contributed by atoms with van der Waals surface area (Å²) in [7, 11) is 5.01. The number of carboxylic acid groups (broad SMARTS) is 1. The zero-order valence-electron chi connectivity index (χ0n) is 13.9. The Balaban J connectivity index is 2.60. The summed E-state index contributed by atoms with van der Waals surface area (Å²) in [6.45, 7) is 1.99. The van der Waals surface area contributed by atoms with Gasteiger partial charge in [-0.3, -0.25) is 9.59 Å². The van der Waals surface area contributed by atoms with Crippen LogP contribution in [0.3, 0.4) is 0 Å². The first kappa shape index (κ1) is 18.3. The molecule has 1 fully saturated rings. The highest BCUT2D eigenvalue weighted by Crippen LogP contribution is 2.38. The van der Waals surface area contributed by atoms with E-state index >= 15 is 0 Å². The Morgan fingerprint density at radius 1 is 1.18 bits per heavy atom. The molecule has 0 spiro atoms. The van der Waals surface area contributed by atoms with Crippen LogP contribution in [0.25, 0.3) is 0 Å². The largest absolute Gasteiger partial charge is 0.481 e. The lowest BCUT2D eigenvalue weighted by Gasteiger charge is -2.31. The molecule has 0 bridgehead atoms. The first-order chi connectivity index (χ1) is 10.2. The van der Waals surface area contributed by atoms with Crippen LogP contribution < -0.4 is 5.32 Å². The van der Waals surface area contributed by atoms with Crippen molar-refractivity contribution < 1.29 is 19.5 Å². The van der Waals surface area contributed by atoms with Crippen molar-refractivity contribution in [3.8, 4) is 0 Å². The Labute approximate surface area is 131 Å². The summed E-state index contributed by atoms with van der Waals surface area (Å²) in [5.74, 6) is -1.51. The first-order valence-corrected chi connectivity index (χ1v) is 7.63. The molecule has 1 aliphatic rings. The van der Waals surface area contributed by atoms with E-state index in [1.54, 1.807) is 33.0 Å². The van der Waals surface area contributed by atoms with E-state index in [1.807, 2.05) is 0 Å². The van der Waals surface area contributed by atoms with E-state index in [0.717, 1.165) is 25.7 Å². The van der Waals surface area contributed by atoms with Crippen LogP contribution in [0.2, 0.25) is 0 Å². The third kappa shape index (κ3) is 4.35. The van der Waals surface area contributed by atoms with Crippen LogP contribution in [-0.2, 0) is 9.59 Å². The van der Waals surface area contributed by atoms with Gasteiger partial charge in [0.25, 0.3) is 0 Å². The normalized spacial score (nSPS) is 17.6. The van der Waals surface area contributed by atoms with Gasteiger partial charge < -0.3 is 20.2 Å². The molecular formula is C15H27N3O4. The molecule has 7 heteroatoms. The van der Waals surface area contributed by atoms with E-state index in [9.17, 15) is 14.4 Å². The van der Waals surface area contributed by atoms with Crippen LogP contribution in [0.1, 0.15) is 32.6 Å². The molecule has 1 atom stereocenters. The van der Waals surface area contributed by atoms with E-state index in [0.29, 0.717) is 6.54 Å². The first-order valence-electron chi connectivity index (χ1n) is 7.63. The Morgan fingerprint density at radius 2 is 1.73 bits per heavy atom. The molecule has 0 saturated heterocycles. The molecule has 7 nitrogen and oxygen atoms in total. The van der Waals surface area contributed by atoms with Gasteiger partial charge in [0.2, 0.25) is 5.91 Å². The van der Waals surface area contributed by atoms with Crippen molar-refractivity contribution in [2.75, 3.05) is 34.2 Å². The van der Waals surface area contributed by atoms with Crippen molar-refractivity contribution in [2.45, 2.75) is 32.6 Å². The number of nitrogens with one attached hydrogen (secondary N) is 1. The lowest BCUT2D eigenvalue weighted by Crippen LogP contribution is -2.49. The van der Waals surface area contributed by atoms with Gasteiger partial charge >= 0.3 is 12.0 Å². The second kappa shape index (κ2) is 7.47. The standard InChI is InChI=1S/C15H27N3O4/c1-11(12(19)20)9-18(4)14(22)16-10-15(7-5-6-8-15)13(21)17(2)3/h11H,5-10H2,1-4H3,(H,16,22)(H,19,20). The van der Waals surface area contributed by atoms with Crippen LogP contribution in [0.5, 0.6) is 0 Å². The lowest BCUT2D eigenvalue weighted by molar-refractivity contribution is -0.141. The summed E-state index contributed by atoms with van der Waals surface area (Å²) in [5.41, 5.74) is -0.515. The number of aliphatic carboxylic acids is 1. The van der Waals surface area contributed by atoms with Gasteiger partial charge in [0.05, 0.1) is 11.3 Å². The van der Waals surface area contributed by atoms with Gasteiger partial charge in [0.15, 0.2) is 0 Å². The predicted molar refractivity (Wildman–Crippen MR) is 82.4 cm³/mol. The highest BCUT2D eigenvalue weighted by atomic mass is 16.4. The highest BCUT2D eigenvalue weighted by molar-refractivity contribution is 5.84. The average molecular weight is 313 g/mol. The molecule has 2 N–H and O–H groups in total. The Morgan fingerprint density at radius 3 is 2.18 bits per heavy atom. The number of nitrogens with zero attached hydrogens (tertiary/aromatic N) is 2. The summed E-state index contributed by atoms with van der Waals surface area (Å²) in [6.07, 6.45) is 3.53. The maximum Gasteiger partial charge on any atom is 0.317 e. The molecule has 126 valence electrons. The summed E-state index contributed by atoms with van der Waals surface area (Å²) < 4.78 is 0. The Hall–Kier alpha value is -1.79. The van der Waals surface area contributed by atoms with E-state index < -0.39 is 17.3 Å². The van der Waals surface area contributed by atoms with Gasteiger partial charge in [0.1, 0.15) is 0 Å². The number of carbonyl (C=O) groups excluding carboxylic acids is 2. The number of rotatable bonds is 6. The van der Waals surface area contributed by atoms with Gasteiger partial charge in [-0.1, -0.05) is 19.8 Å². The molecule has 1 unspecified atom stereocenters. The van der Waals surface area contributed by atoms with Crippen LogP contribution in [0, 0.1) is 11.3 Å². The maximum atomic E-state index is 12.4. The van der Waals surface area contributed by atoms with Gasteiger partial charge in [-0.25, -0.2) is 4.79 Å². The molecule has 0 aromatic rings. The third-order valence-corrected chi connectivity index (χ3v) is 4.31. The molecule has 1 saturated carbocycles. The second-order valence-electron chi connectivity index (χ2n) is 6.47. The minimum absolute atomic E-state index is 0.0480. The highest BCUT2D eigenvalue weighted by Gasteiger charge is 2.42. The fourth-order valence-corrected chi connectivity index (χ4v) is 2.94. The van der Waals surface area contributed by atoms with Gasteiger partial charge in [0, 0.05) is 34.2 Å². The smallest absolute Gasteiger partial charge is 0.317 e. The maximum absolute atomic E-state index is 12.4. The third-order valence-electron chi connectivity index (χ3n) is 4.31. The molecular weight excluding hydrogens is 286 g/mol. The molecule has 3 amide bonds. The SMILES string of the molecule is CC(CN(C)C(=O)NCC1(C(=O)N(C)C)CCCC1)C(=O)O. The van der Waals surface area contributed by atoms with E-state index in [4.69, 9.17) is 5.11 Å². The molecule has 1 aliphatic carbocycles. The molecule has 1 rings (SSSR count). The van der Waals surface area contributed by atoms with Gasteiger partial charge in [-0.05, 0) is 12.8 Å². The molecule has 0 aliphatic heterocycles. The predicted octanol–water partition coefficient (Wildman–Crippen LogP) is 0.997. The van der Waals surface area contributed by atoms with Crippen molar-refractivity contribution in [3.63, 3.8) is 0 Å². The minimum atomic E-state index is -0.935. The zero-order chi connectivity index (χ0) is 16.9. The van der Waals surface area contributed by atoms with Crippen molar-refractivity contribution in [1.82, 2.24) is 15.1 Å². The summed E-state index contributed by atoms with van der Waals surface area (Å²) in [4.78, 5) is 38.2. The molecule has 22 heavy (non-hydrogen) atoms. The van der Waals surface area contributed by atoms with Crippen LogP contribution >= 0.6 is 0 Å². The van der Waals surface area contributed by atoms with Crippen molar-refractivity contribution in [2.24, 2.45) is 11.3 Å². The van der Waals surface area contributed by atoms with Crippen molar-refractivity contribution in [3.05, 3.63) is 0 Å². The number of hydrogen-bond acceptors (Lipinski definition) is 3. The Kier molecular flexibility index (Phi) is 6.20. The summed E-state index contributed by atoms with van der Waals surface area (Å²) in [5, 5.41) is 11.7. The summed E-state index contributed by atoms with van der Waals surface area (Å²) in [6, 6.07) is -0.342. The molecule has 0 aromatic heterocycles. The number of carboxylic acids is 1. The topological polar surface area (TPSA) is 90.0 Å². The number of amides is 3. The molecule has 0 heterocycles. The quantitative estimate of drug-likeness (QED) is 0.765. The fourth-order valence-electron chi connectivity index (χ4n) is 2.94. The summed E-state index contributed by atoms with van der Waals surface area (Å²) >= 11 is 0. The average Bonchev–Trinajstić information content (AvgIpc) is 2.93. The fraction of sp³-hybridized carbons (Fsp3) is 0.800. The van der Waals surface area contributed by atoms with Crippen LogP contribution in [-0.4, -0.2) is 67.0 Å². The van der Waals surface area contributed by atoms with E-state index in [-0.39, 0.29) is 18.5 Å². The zero-order valence-corrected chi connectivity index (χ0v) is 13.9. The van der Waals surface area contributed by atoms with Gasteiger partial charge in [-0.2, -0.15) is 0 Å². The Bertz CT molecular complexity index is 431. The molecule has 0 radical (unpaired) electrons. The van der Waals surface area contributed by atoms with Crippen molar-refractivity contribution in [1.29, 1.82) is 0 Å².